The third-order valence-corrected chi connectivity index (χ3v) is 8.80. The van der Waals surface area contributed by atoms with Crippen LogP contribution in [-0.4, -0.2) is 61.1 Å². The van der Waals surface area contributed by atoms with E-state index in [0.29, 0.717) is 23.9 Å². The van der Waals surface area contributed by atoms with Crippen LogP contribution >= 0.6 is 0 Å². The molecule has 8 heteroatoms. The number of aryl methyl sites for hydroxylation is 1. The lowest BCUT2D eigenvalue weighted by Gasteiger charge is -2.43. The molecule has 2 aliphatic rings. The van der Waals surface area contributed by atoms with Crippen molar-refractivity contribution in [2.75, 3.05) is 34.0 Å². The third-order valence-electron chi connectivity index (χ3n) is 8.80. The average molecular weight is 577 g/mol. The van der Waals surface area contributed by atoms with Gasteiger partial charge in [-0.2, -0.15) is 0 Å². The Morgan fingerprint density at radius 3 is 2.36 bits per heavy atom. The van der Waals surface area contributed by atoms with Gasteiger partial charge in [-0.05, 0) is 107 Å². The molecule has 0 aliphatic carbocycles. The minimum atomic E-state index is -0.595. The van der Waals surface area contributed by atoms with Gasteiger partial charge in [0.15, 0.2) is 0 Å². The summed E-state index contributed by atoms with van der Waals surface area (Å²) in [6, 6.07) is 12.1. The molecule has 0 N–H and O–H groups in total. The second-order valence-corrected chi connectivity index (χ2v) is 12.6. The highest BCUT2D eigenvalue weighted by Crippen LogP contribution is 2.43. The smallest absolute Gasteiger partial charge is 0.419 e. The molecule has 0 saturated carbocycles. The van der Waals surface area contributed by atoms with Gasteiger partial charge in [0, 0.05) is 42.9 Å². The Morgan fingerprint density at radius 2 is 1.71 bits per heavy atom. The molecule has 2 fully saturated rings. The van der Waals surface area contributed by atoms with Gasteiger partial charge >= 0.3 is 12.1 Å². The molecule has 8 nitrogen and oxygen atoms in total. The first-order chi connectivity index (χ1) is 20.1. The van der Waals surface area contributed by atoms with Crippen molar-refractivity contribution in [1.29, 1.82) is 0 Å². The lowest BCUT2D eigenvalue weighted by atomic mass is 9.76. The van der Waals surface area contributed by atoms with E-state index >= 15 is 0 Å². The van der Waals surface area contributed by atoms with Gasteiger partial charge in [-0.25, -0.2) is 9.59 Å². The van der Waals surface area contributed by atoms with Crippen molar-refractivity contribution in [2.24, 2.45) is 11.8 Å². The molecule has 0 spiro atoms. The van der Waals surface area contributed by atoms with Crippen LogP contribution < -0.4 is 4.74 Å². The summed E-state index contributed by atoms with van der Waals surface area (Å²) in [4.78, 5) is 27.8. The van der Waals surface area contributed by atoms with Crippen molar-refractivity contribution < 1.29 is 28.5 Å². The number of rotatable bonds is 6. The second kappa shape index (κ2) is 12.5. The first kappa shape index (κ1) is 30.1. The number of ether oxygens (including phenoxy) is 4. The predicted octanol–water partition coefficient (Wildman–Crippen LogP) is 6.91. The van der Waals surface area contributed by atoms with Crippen molar-refractivity contribution in [3.05, 3.63) is 64.8 Å². The number of carbonyl (C=O) groups is 2. The zero-order valence-electron chi connectivity index (χ0n) is 25.8. The van der Waals surface area contributed by atoms with Gasteiger partial charge in [0.1, 0.15) is 11.4 Å². The second-order valence-electron chi connectivity index (χ2n) is 12.6. The van der Waals surface area contributed by atoms with Crippen molar-refractivity contribution in [3.8, 4) is 5.75 Å². The van der Waals surface area contributed by atoms with Crippen molar-refractivity contribution >= 4 is 23.0 Å². The fourth-order valence-corrected chi connectivity index (χ4v) is 6.73. The van der Waals surface area contributed by atoms with Crippen LogP contribution in [0.3, 0.4) is 0 Å². The Bertz CT molecular complexity index is 1410. The number of benzene rings is 2. The van der Waals surface area contributed by atoms with Crippen LogP contribution in [0, 0.1) is 18.8 Å². The number of likely N-dealkylation sites (tertiary alicyclic amines) is 1. The molecule has 42 heavy (non-hydrogen) atoms. The van der Waals surface area contributed by atoms with Crippen LogP contribution in [0.2, 0.25) is 0 Å². The summed E-state index contributed by atoms with van der Waals surface area (Å²) in [6.07, 6.45) is 5.80. The minimum absolute atomic E-state index is 0.173. The Hall–Kier alpha value is -3.36. The van der Waals surface area contributed by atoms with Crippen LogP contribution in [0.15, 0.2) is 42.6 Å². The number of methoxy groups -OCH3 is 2. The van der Waals surface area contributed by atoms with Gasteiger partial charge in [-0.3, -0.25) is 9.47 Å². The molecule has 226 valence electrons. The Labute approximate surface area is 248 Å². The van der Waals surface area contributed by atoms with Gasteiger partial charge in [0.05, 0.1) is 25.3 Å². The van der Waals surface area contributed by atoms with Gasteiger partial charge in [0.25, 0.3) is 0 Å². The van der Waals surface area contributed by atoms with Gasteiger partial charge in [-0.15, -0.1) is 0 Å². The van der Waals surface area contributed by atoms with Gasteiger partial charge in [-0.1, -0.05) is 12.1 Å². The van der Waals surface area contributed by atoms with Crippen LogP contribution in [0.4, 0.5) is 4.79 Å². The monoisotopic (exact) mass is 576 g/mol. The number of hydrogen-bond acceptors (Lipinski definition) is 7. The summed E-state index contributed by atoms with van der Waals surface area (Å²) in [5.74, 6) is 1.77. The highest BCUT2D eigenvalue weighted by Gasteiger charge is 2.35. The maximum absolute atomic E-state index is 13.1. The number of hydrogen-bond donors (Lipinski definition) is 0. The molecule has 2 aliphatic heterocycles. The number of fused-ring (bicyclic) bond motifs is 1. The zero-order valence-corrected chi connectivity index (χ0v) is 25.8. The quantitative estimate of drug-likeness (QED) is 0.295. The maximum Gasteiger partial charge on any atom is 0.419 e. The lowest BCUT2D eigenvalue weighted by Crippen LogP contribution is -2.39. The zero-order chi connectivity index (χ0) is 30.0. The molecule has 0 radical (unpaired) electrons. The molecule has 3 heterocycles. The van der Waals surface area contributed by atoms with Crippen molar-refractivity contribution in [1.82, 2.24) is 9.47 Å². The Kier molecular flexibility index (Phi) is 8.94. The standard InChI is InChI=1S/C34H44N2O6/c1-22-19-30(39-5)28(27-12-16-36(31(22)27)33(38)42-34(2,3)4)21-35-15-11-26(23-13-17-41-18-14-23)20-29(35)24-7-9-25(10-8-24)32(37)40-6/h7-10,12,16,19,23,26,29H,11,13-15,17-18,20-21H2,1-6H3/t26-,29+/m1/s1. The first-order valence-corrected chi connectivity index (χ1v) is 15.0. The van der Waals surface area contributed by atoms with E-state index in [1.165, 1.54) is 12.7 Å². The number of piperidine rings is 1. The summed E-state index contributed by atoms with van der Waals surface area (Å²) in [7, 11) is 3.11. The number of aromatic nitrogens is 1. The van der Waals surface area contributed by atoms with Gasteiger partial charge in [0.2, 0.25) is 0 Å². The topological polar surface area (TPSA) is 79.2 Å². The van der Waals surface area contributed by atoms with E-state index in [2.05, 4.69) is 17.0 Å². The third kappa shape index (κ3) is 6.35. The first-order valence-electron chi connectivity index (χ1n) is 15.0. The van der Waals surface area contributed by atoms with E-state index < -0.39 is 11.7 Å². The van der Waals surface area contributed by atoms with E-state index in [1.807, 2.05) is 52.0 Å². The predicted molar refractivity (Wildman–Crippen MR) is 162 cm³/mol. The molecule has 5 rings (SSSR count). The fourth-order valence-electron chi connectivity index (χ4n) is 6.73. The summed E-state index contributed by atoms with van der Waals surface area (Å²) < 4.78 is 23.8. The van der Waals surface area contributed by atoms with Crippen molar-refractivity contribution in [3.63, 3.8) is 0 Å². The highest BCUT2D eigenvalue weighted by molar-refractivity contribution is 5.95. The van der Waals surface area contributed by atoms with E-state index in [9.17, 15) is 9.59 Å². The minimum Gasteiger partial charge on any atom is -0.496 e. The fraction of sp³-hybridized carbons (Fsp3) is 0.529. The summed E-state index contributed by atoms with van der Waals surface area (Å²) in [5, 5.41) is 0.990. The van der Waals surface area contributed by atoms with E-state index in [0.717, 1.165) is 73.2 Å². The lowest BCUT2D eigenvalue weighted by molar-refractivity contribution is 0.0141. The Balaban J connectivity index is 1.50. The maximum atomic E-state index is 13.1. The van der Waals surface area contributed by atoms with E-state index in [4.69, 9.17) is 18.9 Å². The molecule has 0 unspecified atom stereocenters. The molecular weight excluding hydrogens is 532 g/mol. The van der Waals surface area contributed by atoms with E-state index in [-0.39, 0.29) is 12.0 Å². The largest absolute Gasteiger partial charge is 0.496 e. The molecule has 2 saturated heterocycles. The molecular formula is C34H44N2O6. The highest BCUT2D eigenvalue weighted by atomic mass is 16.6. The number of nitrogens with zero attached hydrogens (tertiary/aromatic N) is 2. The number of esters is 1. The van der Waals surface area contributed by atoms with Crippen molar-refractivity contribution in [2.45, 2.75) is 71.6 Å². The molecule has 1 aromatic heterocycles. The van der Waals surface area contributed by atoms with Crippen LogP contribution in [-0.2, 0) is 20.8 Å². The normalized spacial score (nSPS) is 20.4. The summed E-state index contributed by atoms with van der Waals surface area (Å²) >= 11 is 0. The Morgan fingerprint density at radius 1 is 1.00 bits per heavy atom. The molecule has 0 amide bonds. The van der Waals surface area contributed by atoms with Crippen LogP contribution in [0.25, 0.3) is 10.9 Å². The number of carbonyl (C=O) groups excluding carboxylic acids is 2. The summed E-state index contributed by atoms with van der Waals surface area (Å²) in [6.45, 7) is 10.9. The van der Waals surface area contributed by atoms with Crippen LogP contribution in [0.5, 0.6) is 5.75 Å². The molecule has 2 aromatic carbocycles. The average Bonchev–Trinajstić information content (AvgIpc) is 3.44. The SMILES string of the molecule is COC(=O)c1ccc([C@@H]2C[C@H](C3CCOCC3)CCN2Cc2c(OC)cc(C)c3c2ccn3C(=O)OC(C)(C)C)cc1. The summed E-state index contributed by atoms with van der Waals surface area (Å²) in [5.41, 5.74) is 4.00. The molecule has 3 aromatic rings. The molecule has 2 atom stereocenters. The van der Waals surface area contributed by atoms with E-state index in [1.54, 1.807) is 17.9 Å². The van der Waals surface area contributed by atoms with Crippen LogP contribution in [0.1, 0.15) is 79.5 Å². The van der Waals surface area contributed by atoms with Gasteiger partial charge < -0.3 is 18.9 Å². The molecule has 0 bridgehead atoms.